The molecule has 4 rings (SSSR count). The van der Waals surface area contributed by atoms with Crippen molar-refractivity contribution >= 4 is 34.0 Å². The van der Waals surface area contributed by atoms with Gasteiger partial charge in [0, 0.05) is 27.4 Å². The van der Waals surface area contributed by atoms with Gasteiger partial charge in [-0.05, 0) is 49.1 Å². The van der Waals surface area contributed by atoms with Gasteiger partial charge in [0.05, 0.1) is 17.3 Å². The molecule has 0 unspecified atom stereocenters. The minimum absolute atomic E-state index is 0.559. The van der Waals surface area contributed by atoms with E-state index in [1.54, 1.807) is 6.07 Å². The number of hydrogen-bond donors (Lipinski definition) is 0. The summed E-state index contributed by atoms with van der Waals surface area (Å²) in [4.78, 5) is 0. The highest BCUT2D eigenvalue weighted by Crippen LogP contribution is 2.30. The molecule has 0 N–H and O–H groups in total. The highest BCUT2D eigenvalue weighted by Gasteiger charge is 2.13. The Labute approximate surface area is 169 Å². The number of halogens is 1. The summed E-state index contributed by atoms with van der Waals surface area (Å²) in [5.41, 5.74) is 5.68. The maximum atomic E-state index is 9.71. The van der Waals surface area contributed by atoms with Crippen LogP contribution in [-0.4, -0.2) is 4.57 Å². The van der Waals surface area contributed by atoms with Crippen molar-refractivity contribution in [3.8, 4) is 11.8 Å². The van der Waals surface area contributed by atoms with Crippen molar-refractivity contribution in [3.05, 3.63) is 100 Å². The summed E-state index contributed by atoms with van der Waals surface area (Å²) in [5, 5.41) is 12.7. The topological polar surface area (TPSA) is 28.7 Å². The first-order valence-electron chi connectivity index (χ1n) is 9.14. The smallest absolute Gasteiger partial charge is 0.0998 e. The molecule has 1 aromatic heterocycles. The van der Waals surface area contributed by atoms with Gasteiger partial charge in [0.2, 0.25) is 0 Å². The minimum atomic E-state index is 0.559. The molecule has 136 valence electrons. The normalized spacial score (nSPS) is 11.6. The number of benzene rings is 3. The predicted octanol–water partition coefficient (Wildman–Crippen LogP) is 6.96. The molecule has 0 aliphatic carbocycles. The highest BCUT2D eigenvalue weighted by atomic mass is 35.5. The summed E-state index contributed by atoms with van der Waals surface area (Å²) < 4.78 is 2.25. The third kappa shape index (κ3) is 3.11. The Bertz CT molecular complexity index is 1250. The van der Waals surface area contributed by atoms with Crippen molar-refractivity contribution < 1.29 is 0 Å². The van der Waals surface area contributed by atoms with E-state index in [1.807, 2.05) is 24.3 Å². The lowest BCUT2D eigenvalue weighted by Crippen LogP contribution is -2.00. The van der Waals surface area contributed by atoms with Crippen LogP contribution in [-0.2, 0) is 0 Å². The lowest BCUT2D eigenvalue weighted by atomic mass is 10.0. The fourth-order valence-corrected chi connectivity index (χ4v) is 3.95. The highest BCUT2D eigenvalue weighted by molar-refractivity contribution is 6.32. The number of nitrogens with zero attached hydrogens (tertiary/aromatic N) is 2. The molecule has 0 saturated carbocycles. The molecule has 1 heterocycles. The zero-order chi connectivity index (χ0) is 19.7. The summed E-state index contributed by atoms with van der Waals surface area (Å²) in [6, 6.07) is 26.6. The van der Waals surface area contributed by atoms with E-state index in [2.05, 4.69) is 73.0 Å². The molecule has 0 saturated heterocycles. The molecule has 3 heteroatoms. The molecule has 0 spiro atoms. The van der Waals surface area contributed by atoms with Gasteiger partial charge in [-0.1, -0.05) is 66.2 Å². The van der Waals surface area contributed by atoms with Crippen molar-refractivity contribution in [2.45, 2.75) is 13.8 Å². The summed E-state index contributed by atoms with van der Waals surface area (Å²) >= 11 is 6.30. The van der Waals surface area contributed by atoms with Gasteiger partial charge in [-0.2, -0.15) is 5.26 Å². The number of hydrogen-bond acceptors (Lipinski definition) is 1. The molecule has 0 amide bonds. The van der Waals surface area contributed by atoms with Crippen LogP contribution in [0.15, 0.2) is 72.8 Å². The number of allylic oxidation sites excluding steroid dienone is 1. The first-order valence-corrected chi connectivity index (χ1v) is 9.51. The molecule has 2 nitrogen and oxygen atoms in total. The van der Waals surface area contributed by atoms with Gasteiger partial charge in [0.15, 0.2) is 0 Å². The minimum Gasteiger partial charge on any atom is -0.317 e. The molecule has 0 atom stereocenters. The van der Waals surface area contributed by atoms with E-state index in [-0.39, 0.29) is 0 Å². The molecule has 4 aromatic rings. The fraction of sp³-hybridized carbons (Fsp3) is 0.0800. The van der Waals surface area contributed by atoms with E-state index in [1.165, 1.54) is 10.8 Å². The second-order valence-electron chi connectivity index (χ2n) is 6.81. The summed E-state index contributed by atoms with van der Waals surface area (Å²) in [5.74, 6) is 0. The van der Waals surface area contributed by atoms with Crippen molar-refractivity contribution in [2.75, 3.05) is 0 Å². The Hall–Kier alpha value is -3.28. The molecular weight excluding hydrogens is 364 g/mol. The van der Waals surface area contributed by atoms with Gasteiger partial charge in [0.25, 0.3) is 0 Å². The fourth-order valence-electron chi connectivity index (χ4n) is 3.71. The summed E-state index contributed by atoms with van der Waals surface area (Å²) in [7, 11) is 0. The van der Waals surface area contributed by atoms with Crippen molar-refractivity contribution in [1.29, 1.82) is 5.26 Å². The zero-order valence-corrected chi connectivity index (χ0v) is 16.5. The zero-order valence-electron chi connectivity index (χ0n) is 15.8. The largest absolute Gasteiger partial charge is 0.317 e. The average Bonchev–Trinajstić information content (AvgIpc) is 2.99. The maximum Gasteiger partial charge on any atom is 0.0998 e. The first kappa shape index (κ1) is 18.1. The van der Waals surface area contributed by atoms with E-state index in [9.17, 15) is 5.26 Å². The Kier molecular flexibility index (Phi) is 4.77. The molecule has 0 aliphatic rings. The Morgan fingerprint density at radius 1 is 0.964 bits per heavy atom. The monoisotopic (exact) mass is 382 g/mol. The van der Waals surface area contributed by atoms with Crippen molar-refractivity contribution in [3.63, 3.8) is 0 Å². The number of rotatable bonds is 3. The maximum absolute atomic E-state index is 9.71. The molecule has 0 aliphatic heterocycles. The molecule has 3 aromatic carbocycles. The molecule has 0 fully saturated rings. The van der Waals surface area contributed by atoms with Crippen LogP contribution in [0.1, 0.15) is 22.5 Å². The van der Waals surface area contributed by atoms with Gasteiger partial charge in [0.1, 0.15) is 0 Å². The second-order valence-corrected chi connectivity index (χ2v) is 7.22. The lowest BCUT2D eigenvalue weighted by molar-refractivity contribution is 0.973. The molecule has 0 radical (unpaired) electrons. The second kappa shape index (κ2) is 7.38. The Morgan fingerprint density at radius 3 is 2.46 bits per heavy atom. The lowest BCUT2D eigenvalue weighted by Gasteiger charge is -2.13. The van der Waals surface area contributed by atoms with E-state index in [4.69, 9.17) is 11.6 Å². The standard InChI is InChI=1S/C25H19ClN2/c1-17-14-20(15-21(16-27)22-10-5-6-12-24(22)26)18(2)28(17)25-13-7-9-19-8-3-4-11-23(19)25/h3-15H,1-2H3. The average molecular weight is 383 g/mol. The third-order valence-electron chi connectivity index (χ3n) is 5.06. The number of fused-ring (bicyclic) bond motifs is 1. The summed E-state index contributed by atoms with van der Waals surface area (Å²) in [6.07, 6.45) is 1.92. The Morgan fingerprint density at radius 2 is 1.68 bits per heavy atom. The van der Waals surface area contributed by atoms with E-state index >= 15 is 0 Å². The molecule has 0 bridgehead atoms. The van der Waals surface area contributed by atoms with Crippen molar-refractivity contribution in [2.24, 2.45) is 0 Å². The molecule has 28 heavy (non-hydrogen) atoms. The van der Waals surface area contributed by atoms with Crippen LogP contribution >= 0.6 is 11.6 Å². The quantitative estimate of drug-likeness (QED) is 0.352. The van der Waals surface area contributed by atoms with Gasteiger partial charge < -0.3 is 4.57 Å². The SMILES string of the molecule is Cc1cc(C=C(C#N)c2ccccc2Cl)c(C)n1-c1cccc2ccccc12. The van der Waals surface area contributed by atoms with E-state index < -0.39 is 0 Å². The van der Waals surface area contributed by atoms with Gasteiger partial charge >= 0.3 is 0 Å². The van der Waals surface area contributed by atoms with Crippen LogP contribution in [0.5, 0.6) is 0 Å². The van der Waals surface area contributed by atoms with Crippen LogP contribution < -0.4 is 0 Å². The van der Waals surface area contributed by atoms with Gasteiger partial charge in [-0.3, -0.25) is 0 Å². The van der Waals surface area contributed by atoms with Gasteiger partial charge in [-0.15, -0.1) is 0 Å². The number of nitriles is 1. The van der Waals surface area contributed by atoms with Crippen molar-refractivity contribution in [1.82, 2.24) is 4.57 Å². The molecular formula is C25H19ClN2. The number of aryl methyl sites for hydroxylation is 1. The Balaban J connectivity index is 1.89. The van der Waals surface area contributed by atoms with Crippen LogP contribution in [0, 0.1) is 25.2 Å². The number of aromatic nitrogens is 1. The first-order chi connectivity index (χ1) is 13.6. The van der Waals surface area contributed by atoms with E-state index in [0.717, 1.165) is 28.2 Å². The van der Waals surface area contributed by atoms with Crippen LogP contribution in [0.2, 0.25) is 5.02 Å². The third-order valence-corrected chi connectivity index (χ3v) is 5.39. The predicted molar refractivity (Wildman–Crippen MR) is 118 cm³/mol. The van der Waals surface area contributed by atoms with Gasteiger partial charge in [-0.25, -0.2) is 0 Å². The van der Waals surface area contributed by atoms with Crippen LogP contribution in [0.3, 0.4) is 0 Å². The summed E-state index contributed by atoms with van der Waals surface area (Å²) in [6.45, 7) is 4.18. The van der Waals surface area contributed by atoms with Crippen LogP contribution in [0.4, 0.5) is 0 Å². The van der Waals surface area contributed by atoms with Crippen LogP contribution in [0.25, 0.3) is 28.1 Å². The van der Waals surface area contributed by atoms with E-state index in [0.29, 0.717) is 10.6 Å².